The van der Waals surface area contributed by atoms with Gasteiger partial charge in [-0.3, -0.25) is 0 Å². The number of hydrogen-bond acceptors (Lipinski definition) is 4. The molecule has 0 saturated carbocycles. The van der Waals surface area contributed by atoms with Crippen molar-refractivity contribution in [2.45, 2.75) is 58.5 Å². The van der Waals surface area contributed by atoms with Gasteiger partial charge in [0, 0.05) is 23.6 Å². The Morgan fingerprint density at radius 3 is 2.71 bits per heavy atom. The Bertz CT molecular complexity index is 654. The molecule has 2 aromatic heterocycles. The first-order chi connectivity index (χ1) is 10.0. The summed E-state index contributed by atoms with van der Waals surface area (Å²) in [7, 11) is 0. The van der Waals surface area contributed by atoms with Crippen molar-refractivity contribution in [1.29, 1.82) is 0 Å². The number of pyridine rings is 1. The molecular weight excluding hydrogens is 262 g/mol. The second-order valence-electron chi connectivity index (χ2n) is 6.35. The highest BCUT2D eigenvalue weighted by atomic mass is 16.5. The highest BCUT2D eigenvalue weighted by molar-refractivity contribution is 5.78. The molecule has 112 valence electrons. The van der Waals surface area contributed by atoms with E-state index in [1.807, 2.05) is 13.0 Å². The molecule has 4 nitrogen and oxygen atoms in total. The van der Waals surface area contributed by atoms with Gasteiger partial charge in [0.25, 0.3) is 0 Å². The summed E-state index contributed by atoms with van der Waals surface area (Å²) < 4.78 is 5.64. The van der Waals surface area contributed by atoms with Gasteiger partial charge in [-0.05, 0) is 44.7 Å². The van der Waals surface area contributed by atoms with Crippen molar-refractivity contribution >= 4 is 11.0 Å². The summed E-state index contributed by atoms with van der Waals surface area (Å²) in [5, 5.41) is 1.08. The molecule has 0 unspecified atom stereocenters. The molecule has 0 N–H and O–H groups in total. The van der Waals surface area contributed by atoms with Crippen molar-refractivity contribution in [2.24, 2.45) is 0 Å². The van der Waals surface area contributed by atoms with Crippen LogP contribution in [0.2, 0.25) is 0 Å². The number of hydrogen-bond donors (Lipinski definition) is 0. The SMILES string of the molecule is Cc1ccc2c(C(C)C)nc([C@@H]3CCO[C@H](C)C3)nc2n1. The Hall–Kier alpha value is -1.55. The zero-order valence-corrected chi connectivity index (χ0v) is 13.3. The quantitative estimate of drug-likeness (QED) is 0.843. The number of rotatable bonds is 2. The van der Waals surface area contributed by atoms with Gasteiger partial charge in [-0.15, -0.1) is 0 Å². The fourth-order valence-electron chi connectivity index (χ4n) is 3.00. The van der Waals surface area contributed by atoms with Crippen LogP contribution in [0.4, 0.5) is 0 Å². The molecule has 3 heterocycles. The molecule has 3 rings (SSSR count). The highest BCUT2D eigenvalue weighted by Crippen LogP contribution is 2.30. The summed E-state index contributed by atoms with van der Waals surface area (Å²) in [5.74, 6) is 1.70. The second-order valence-corrected chi connectivity index (χ2v) is 6.35. The second kappa shape index (κ2) is 5.68. The molecule has 0 radical (unpaired) electrons. The van der Waals surface area contributed by atoms with Crippen LogP contribution < -0.4 is 0 Å². The predicted molar refractivity (Wildman–Crippen MR) is 83.5 cm³/mol. The average molecular weight is 285 g/mol. The van der Waals surface area contributed by atoms with Crippen LogP contribution in [0.25, 0.3) is 11.0 Å². The molecule has 0 aromatic carbocycles. The Morgan fingerprint density at radius 2 is 2.00 bits per heavy atom. The van der Waals surface area contributed by atoms with Gasteiger partial charge in [-0.2, -0.15) is 0 Å². The summed E-state index contributed by atoms with van der Waals surface area (Å²) in [4.78, 5) is 14.3. The van der Waals surface area contributed by atoms with Gasteiger partial charge in [0.1, 0.15) is 5.82 Å². The minimum atomic E-state index is 0.288. The number of ether oxygens (including phenoxy) is 1. The van der Waals surface area contributed by atoms with Gasteiger partial charge in [0.05, 0.1) is 11.8 Å². The lowest BCUT2D eigenvalue weighted by Crippen LogP contribution is -2.23. The van der Waals surface area contributed by atoms with E-state index in [2.05, 4.69) is 31.8 Å². The van der Waals surface area contributed by atoms with Crippen LogP contribution in [0.15, 0.2) is 12.1 Å². The highest BCUT2D eigenvalue weighted by Gasteiger charge is 2.25. The van der Waals surface area contributed by atoms with Crippen LogP contribution in [0.1, 0.15) is 62.7 Å². The smallest absolute Gasteiger partial charge is 0.163 e. The molecule has 1 aliphatic rings. The Balaban J connectivity index is 2.10. The topological polar surface area (TPSA) is 47.9 Å². The largest absolute Gasteiger partial charge is 0.378 e. The zero-order valence-electron chi connectivity index (χ0n) is 13.3. The fraction of sp³-hybridized carbons (Fsp3) is 0.588. The Labute approximate surface area is 126 Å². The molecule has 1 saturated heterocycles. The Kier molecular flexibility index (Phi) is 3.89. The van der Waals surface area contributed by atoms with Gasteiger partial charge in [-0.25, -0.2) is 15.0 Å². The predicted octanol–water partition coefficient (Wildman–Crippen LogP) is 3.74. The summed E-state index contributed by atoms with van der Waals surface area (Å²) in [5.41, 5.74) is 2.95. The third-order valence-corrected chi connectivity index (χ3v) is 4.14. The first-order valence-electron chi connectivity index (χ1n) is 7.81. The summed E-state index contributed by atoms with van der Waals surface area (Å²) in [6, 6.07) is 4.14. The van der Waals surface area contributed by atoms with Crippen LogP contribution in [0, 0.1) is 6.92 Å². The van der Waals surface area contributed by atoms with E-state index < -0.39 is 0 Å². The standard InChI is InChI=1S/C17H23N3O/c1-10(2)15-14-6-5-11(3)18-17(14)20-16(19-15)13-7-8-21-12(4)9-13/h5-6,10,12-13H,7-9H2,1-4H3/t12-,13-/m1/s1. The zero-order chi connectivity index (χ0) is 15.0. The molecule has 2 aromatic rings. The van der Waals surface area contributed by atoms with Gasteiger partial charge in [0.2, 0.25) is 0 Å². The lowest BCUT2D eigenvalue weighted by molar-refractivity contribution is 0.0173. The van der Waals surface area contributed by atoms with Crippen molar-refractivity contribution in [2.75, 3.05) is 6.61 Å². The van der Waals surface area contributed by atoms with E-state index in [9.17, 15) is 0 Å². The third kappa shape index (κ3) is 2.91. The number of nitrogens with zero attached hydrogens (tertiary/aromatic N) is 3. The van der Waals surface area contributed by atoms with Crippen LogP contribution >= 0.6 is 0 Å². The molecule has 0 aliphatic carbocycles. The molecule has 2 atom stereocenters. The third-order valence-electron chi connectivity index (χ3n) is 4.14. The van der Waals surface area contributed by atoms with Crippen molar-refractivity contribution < 1.29 is 4.74 Å². The first kappa shape index (κ1) is 14.4. The monoisotopic (exact) mass is 285 g/mol. The maximum atomic E-state index is 5.64. The maximum absolute atomic E-state index is 5.64. The molecule has 0 spiro atoms. The van der Waals surface area contributed by atoms with E-state index in [4.69, 9.17) is 14.7 Å². The molecule has 0 amide bonds. The molecular formula is C17H23N3O. The maximum Gasteiger partial charge on any atom is 0.163 e. The van der Waals surface area contributed by atoms with Crippen molar-refractivity contribution in [3.63, 3.8) is 0 Å². The van der Waals surface area contributed by atoms with Gasteiger partial charge in [-0.1, -0.05) is 13.8 Å². The van der Waals surface area contributed by atoms with Gasteiger partial charge >= 0.3 is 0 Å². The average Bonchev–Trinajstić information content (AvgIpc) is 2.45. The van der Waals surface area contributed by atoms with E-state index in [0.717, 1.165) is 47.7 Å². The Morgan fingerprint density at radius 1 is 1.19 bits per heavy atom. The number of fused-ring (bicyclic) bond motifs is 1. The van der Waals surface area contributed by atoms with E-state index >= 15 is 0 Å². The molecule has 0 bridgehead atoms. The molecule has 21 heavy (non-hydrogen) atoms. The van der Waals surface area contributed by atoms with Crippen LogP contribution in [-0.2, 0) is 4.74 Å². The minimum absolute atomic E-state index is 0.288. The van der Waals surface area contributed by atoms with E-state index in [1.54, 1.807) is 0 Å². The summed E-state index contributed by atoms with van der Waals surface area (Å²) >= 11 is 0. The van der Waals surface area contributed by atoms with E-state index in [1.165, 1.54) is 0 Å². The normalized spacial score (nSPS) is 22.9. The molecule has 1 aliphatic heterocycles. The van der Waals surface area contributed by atoms with Crippen LogP contribution in [0.5, 0.6) is 0 Å². The number of aryl methyl sites for hydroxylation is 1. The van der Waals surface area contributed by atoms with Crippen molar-refractivity contribution in [3.05, 3.63) is 29.3 Å². The van der Waals surface area contributed by atoms with Crippen molar-refractivity contribution in [3.8, 4) is 0 Å². The first-order valence-corrected chi connectivity index (χ1v) is 7.81. The van der Waals surface area contributed by atoms with Gasteiger partial charge < -0.3 is 4.74 Å². The molecule has 4 heteroatoms. The minimum Gasteiger partial charge on any atom is -0.378 e. The summed E-state index contributed by atoms with van der Waals surface area (Å²) in [6.45, 7) is 9.28. The lowest BCUT2D eigenvalue weighted by atomic mass is 9.94. The fourth-order valence-corrected chi connectivity index (χ4v) is 3.00. The number of aromatic nitrogens is 3. The van der Waals surface area contributed by atoms with Crippen LogP contribution in [-0.4, -0.2) is 27.7 Å². The lowest BCUT2D eigenvalue weighted by Gasteiger charge is -2.26. The van der Waals surface area contributed by atoms with E-state index in [-0.39, 0.29) is 6.10 Å². The van der Waals surface area contributed by atoms with Gasteiger partial charge in [0.15, 0.2) is 5.65 Å². The molecule has 1 fully saturated rings. The van der Waals surface area contributed by atoms with E-state index in [0.29, 0.717) is 11.8 Å². The van der Waals surface area contributed by atoms with Crippen molar-refractivity contribution in [1.82, 2.24) is 15.0 Å². The summed E-state index contributed by atoms with van der Waals surface area (Å²) in [6.07, 6.45) is 2.28. The van der Waals surface area contributed by atoms with Crippen LogP contribution in [0.3, 0.4) is 0 Å².